The molecule has 1 saturated heterocycles. The van der Waals surface area contributed by atoms with E-state index in [0.717, 1.165) is 18.9 Å². The molecule has 0 aliphatic carbocycles. The Morgan fingerprint density at radius 1 is 1.42 bits per heavy atom. The van der Waals surface area contributed by atoms with Crippen molar-refractivity contribution in [3.05, 3.63) is 33.6 Å². The number of benzene rings is 1. The first kappa shape index (κ1) is 16.5. The van der Waals surface area contributed by atoms with Gasteiger partial charge in [0, 0.05) is 19.1 Å². The minimum Gasteiger partial charge on any atom is -0.334 e. The van der Waals surface area contributed by atoms with Gasteiger partial charge in [-0.2, -0.15) is 0 Å². The number of hydrogen-bond acceptors (Lipinski definition) is 2. The lowest BCUT2D eigenvalue weighted by Crippen LogP contribution is -2.40. The van der Waals surface area contributed by atoms with Crippen molar-refractivity contribution >= 4 is 41.5 Å². The zero-order valence-electron chi connectivity index (χ0n) is 10.0. The molecule has 0 spiro atoms. The second-order valence-corrected chi connectivity index (χ2v) is 5.09. The van der Waals surface area contributed by atoms with Crippen molar-refractivity contribution in [1.29, 1.82) is 0 Å². The molecule has 0 aromatic heterocycles. The molecule has 0 saturated carbocycles. The second-order valence-electron chi connectivity index (χ2n) is 4.28. The van der Waals surface area contributed by atoms with Crippen LogP contribution >= 0.6 is 35.6 Å². The normalized spacial score (nSPS) is 18.3. The highest BCUT2D eigenvalue weighted by Crippen LogP contribution is 2.27. The van der Waals surface area contributed by atoms with Crippen LogP contribution < -0.4 is 5.73 Å². The molecule has 1 fully saturated rings. The molecule has 19 heavy (non-hydrogen) atoms. The highest BCUT2D eigenvalue weighted by atomic mass is 35.5. The van der Waals surface area contributed by atoms with Crippen LogP contribution in [0.4, 0.5) is 4.39 Å². The lowest BCUT2D eigenvalue weighted by Gasteiger charge is -2.24. The van der Waals surface area contributed by atoms with Gasteiger partial charge < -0.3 is 10.6 Å². The summed E-state index contributed by atoms with van der Waals surface area (Å²) in [6, 6.07) is 2.34. The molecule has 1 aliphatic heterocycles. The van der Waals surface area contributed by atoms with Gasteiger partial charge in [0.2, 0.25) is 0 Å². The van der Waals surface area contributed by atoms with Gasteiger partial charge in [0.25, 0.3) is 5.91 Å². The predicted octanol–water partition coefficient (Wildman–Crippen LogP) is 3.12. The van der Waals surface area contributed by atoms with Crippen LogP contribution in [0.25, 0.3) is 0 Å². The van der Waals surface area contributed by atoms with Gasteiger partial charge in [-0.3, -0.25) is 4.79 Å². The van der Waals surface area contributed by atoms with Crippen molar-refractivity contribution < 1.29 is 9.18 Å². The van der Waals surface area contributed by atoms with Crippen molar-refractivity contribution in [3.8, 4) is 0 Å². The van der Waals surface area contributed by atoms with Crippen LogP contribution in [0.3, 0.4) is 0 Å². The molecule has 0 bridgehead atoms. The van der Waals surface area contributed by atoms with Crippen LogP contribution in [0.5, 0.6) is 0 Å². The van der Waals surface area contributed by atoms with Gasteiger partial charge in [-0.05, 0) is 25.0 Å². The van der Waals surface area contributed by atoms with E-state index in [1.165, 1.54) is 6.07 Å². The smallest absolute Gasteiger partial charge is 0.255 e. The fraction of sp³-hybridized carbons (Fsp3) is 0.417. The topological polar surface area (TPSA) is 46.3 Å². The van der Waals surface area contributed by atoms with E-state index >= 15 is 0 Å². The highest BCUT2D eigenvalue weighted by molar-refractivity contribution is 6.36. The monoisotopic (exact) mass is 326 g/mol. The number of halogens is 4. The number of carbonyl (C=O) groups excluding carboxylic acids is 1. The largest absolute Gasteiger partial charge is 0.334 e. The molecule has 1 aliphatic rings. The fourth-order valence-electron chi connectivity index (χ4n) is 2.19. The quantitative estimate of drug-likeness (QED) is 0.848. The Kier molecular flexibility index (Phi) is 5.86. The SMILES string of the molecule is Cl.NCC1CCCN1C(=O)c1cc(F)c(Cl)cc1Cl. The Morgan fingerprint density at radius 2 is 2.11 bits per heavy atom. The number of nitrogens with two attached hydrogens (primary N) is 1. The number of amides is 1. The van der Waals surface area contributed by atoms with Gasteiger partial charge in [-0.15, -0.1) is 12.4 Å². The summed E-state index contributed by atoms with van der Waals surface area (Å²) in [5, 5.41) is 0.0717. The lowest BCUT2D eigenvalue weighted by molar-refractivity contribution is 0.0741. The maximum absolute atomic E-state index is 13.4. The molecular weight excluding hydrogens is 314 g/mol. The molecular formula is C12H14Cl3FN2O. The van der Waals surface area contributed by atoms with Gasteiger partial charge in [-0.25, -0.2) is 4.39 Å². The summed E-state index contributed by atoms with van der Waals surface area (Å²) >= 11 is 11.5. The van der Waals surface area contributed by atoms with Crippen molar-refractivity contribution in [2.45, 2.75) is 18.9 Å². The minimum atomic E-state index is -0.645. The van der Waals surface area contributed by atoms with Crippen LogP contribution in [-0.2, 0) is 0 Å². The summed E-state index contributed by atoms with van der Waals surface area (Å²) in [5.74, 6) is -0.934. The molecule has 1 aromatic carbocycles. The number of hydrogen-bond donors (Lipinski definition) is 1. The fourth-order valence-corrected chi connectivity index (χ4v) is 2.65. The number of carbonyl (C=O) groups is 1. The predicted molar refractivity (Wildman–Crippen MR) is 76.8 cm³/mol. The van der Waals surface area contributed by atoms with Crippen LogP contribution in [0.2, 0.25) is 10.0 Å². The Hall–Kier alpha value is -0.550. The zero-order valence-corrected chi connectivity index (χ0v) is 12.4. The standard InChI is InChI=1S/C12H13Cl2FN2O.ClH/c13-9-5-10(14)11(15)4-8(9)12(18)17-3-1-2-7(17)6-16;/h4-5,7H,1-3,6,16H2;1H. The Balaban J connectivity index is 0.00000180. The minimum absolute atomic E-state index is 0. The van der Waals surface area contributed by atoms with E-state index in [2.05, 4.69) is 0 Å². The molecule has 1 unspecified atom stereocenters. The van der Waals surface area contributed by atoms with E-state index in [9.17, 15) is 9.18 Å². The van der Waals surface area contributed by atoms with Gasteiger partial charge in [0.1, 0.15) is 5.82 Å². The van der Waals surface area contributed by atoms with E-state index in [1.807, 2.05) is 0 Å². The average Bonchev–Trinajstić information content (AvgIpc) is 2.81. The molecule has 7 heteroatoms. The highest BCUT2D eigenvalue weighted by Gasteiger charge is 2.29. The van der Waals surface area contributed by atoms with Crippen LogP contribution in [-0.4, -0.2) is 29.9 Å². The lowest BCUT2D eigenvalue weighted by atomic mass is 10.1. The third-order valence-electron chi connectivity index (χ3n) is 3.15. The Labute approximate surface area is 127 Å². The number of nitrogens with zero attached hydrogens (tertiary/aromatic N) is 1. The van der Waals surface area contributed by atoms with Crippen LogP contribution in [0, 0.1) is 5.82 Å². The average molecular weight is 328 g/mol. The Morgan fingerprint density at radius 3 is 2.74 bits per heavy atom. The molecule has 2 N–H and O–H groups in total. The van der Waals surface area contributed by atoms with E-state index in [4.69, 9.17) is 28.9 Å². The first-order chi connectivity index (χ1) is 8.54. The first-order valence-corrected chi connectivity index (χ1v) is 6.45. The molecule has 2 rings (SSSR count). The summed E-state index contributed by atoms with van der Waals surface area (Å²) < 4.78 is 13.4. The van der Waals surface area contributed by atoms with Crippen LogP contribution in [0.15, 0.2) is 12.1 Å². The molecule has 1 amide bonds. The van der Waals surface area contributed by atoms with Gasteiger partial charge in [-0.1, -0.05) is 23.2 Å². The van der Waals surface area contributed by atoms with Crippen molar-refractivity contribution in [1.82, 2.24) is 4.90 Å². The van der Waals surface area contributed by atoms with Gasteiger partial charge in [0.15, 0.2) is 0 Å². The van der Waals surface area contributed by atoms with Gasteiger partial charge >= 0.3 is 0 Å². The number of likely N-dealkylation sites (tertiary alicyclic amines) is 1. The third-order valence-corrected chi connectivity index (χ3v) is 3.75. The van der Waals surface area contributed by atoms with E-state index in [-0.39, 0.29) is 40.0 Å². The molecule has 1 heterocycles. The van der Waals surface area contributed by atoms with Crippen molar-refractivity contribution in [3.63, 3.8) is 0 Å². The summed E-state index contributed by atoms with van der Waals surface area (Å²) in [7, 11) is 0. The van der Waals surface area contributed by atoms with Crippen LogP contribution in [0.1, 0.15) is 23.2 Å². The molecule has 0 radical (unpaired) electrons. The third kappa shape index (κ3) is 3.31. The molecule has 3 nitrogen and oxygen atoms in total. The molecule has 106 valence electrons. The van der Waals surface area contributed by atoms with E-state index in [0.29, 0.717) is 13.1 Å². The summed E-state index contributed by atoms with van der Waals surface area (Å²) in [4.78, 5) is 13.9. The number of rotatable bonds is 2. The summed E-state index contributed by atoms with van der Waals surface area (Å²) in [6.45, 7) is 1.03. The second kappa shape index (κ2) is 6.75. The van der Waals surface area contributed by atoms with Crippen molar-refractivity contribution in [2.75, 3.05) is 13.1 Å². The maximum Gasteiger partial charge on any atom is 0.255 e. The molecule has 1 atom stereocenters. The van der Waals surface area contributed by atoms with Crippen molar-refractivity contribution in [2.24, 2.45) is 5.73 Å². The first-order valence-electron chi connectivity index (χ1n) is 5.70. The summed E-state index contributed by atoms with van der Waals surface area (Å²) in [6.07, 6.45) is 1.78. The zero-order chi connectivity index (χ0) is 13.3. The molecule has 1 aromatic rings. The van der Waals surface area contributed by atoms with E-state index in [1.54, 1.807) is 4.90 Å². The van der Waals surface area contributed by atoms with Gasteiger partial charge in [0.05, 0.1) is 15.6 Å². The summed E-state index contributed by atoms with van der Waals surface area (Å²) in [5.41, 5.74) is 5.75. The maximum atomic E-state index is 13.4. The van der Waals surface area contributed by atoms with E-state index < -0.39 is 5.82 Å². The Bertz CT molecular complexity index is 484.